The summed E-state index contributed by atoms with van der Waals surface area (Å²) in [6.07, 6.45) is 12.1. The van der Waals surface area contributed by atoms with Crippen LogP contribution in [0.5, 0.6) is 5.75 Å². The Balaban J connectivity index is 1.07. The zero-order valence-electron chi connectivity index (χ0n) is 24.9. The van der Waals surface area contributed by atoms with Crippen LogP contribution in [0.1, 0.15) is 87.1 Å². The number of hydrogen-bond donors (Lipinski definition) is 2. The maximum Gasteiger partial charge on any atom is 0.457 e. The molecule has 2 amide bonds. The van der Waals surface area contributed by atoms with Gasteiger partial charge in [0.05, 0.1) is 23.7 Å². The molecular weight excluding hydrogens is 535 g/mol. The highest BCUT2D eigenvalue weighted by molar-refractivity contribution is 7.83. The van der Waals surface area contributed by atoms with Gasteiger partial charge in [-0.25, -0.2) is 9.00 Å². The van der Waals surface area contributed by atoms with Crippen LogP contribution in [0, 0.1) is 5.41 Å². The van der Waals surface area contributed by atoms with Crippen molar-refractivity contribution >= 4 is 29.8 Å². The summed E-state index contributed by atoms with van der Waals surface area (Å²) >= 11 is 0. The number of ether oxygens (including phenoxy) is 1. The van der Waals surface area contributed by atoms with E-state index < -0.39 is 17.0 Å². The predicted octanol–water partition coefficient (Wildman–Crippen LogP) is 6.32. The first-order valence-corrected chi connectivity index (χ1v) is 16.5. The van der Waals surface area contributed by atoms with Crippen molar-refractivity contribution in [2.24, 2.45) is 5.41 Å². The molecule has 3 aliphatic carbocycles. The van der Waals surface area contributed by atoms with Gasteiger partial charge >= 0.3 is 13.1 Å². The summed E-state index contributed by atoms with van der Waals surface area (Å²) in [6.45, 7) is 6.82. The molecule has 2 N–H and O–H groups in total. The van der Waals surface area contributed by atoms with Gasteiger partial charge in [0.25, 0.3) is 0 Å². The molecule has 1 heterocycles. The summed E-state index contributed by atoms with van der Waals surface area (Å²) in [5.74, 6) is 0.751. The van der Waals surface area contributed by atoms with Crippen LogP contribution in [0.2, 0.25) is 6.32 Å². The van der Waals surface area contributed by atoms with Crippen molar-refractivity contribution in [3.8, 4) is 5.75 Å². The molecule has 1 saturated heterocycles. The van der Waals surface area contributed by atoms with Crippen LogP contribution in [0.15, 0.2) is 29.2 Å². The standard InChI is InChI=1S/C32H43BN2O5S/c1-31(2)16-15-28-32(3,20-31)40-33(39-28)17-7-10-23-19-24(13-14-27(23)38-4)41(37)35-30(36)34-29-25-11-5-8-21(25)18-22-9-6-12-26(22)29/h13-14,18-19,28H,5-12,15-17,20H2,1-4H3,(H2,34,35,36). The number of anilines is 1. The van der Waals surface area contributed by atoms with Crippen LogP contribution < -0.4 is 14.8 Å². The largest absolute Gasteiger partial charge is 0.496 e. The van der Waals surface area contributed by atoms with Crippen molar-refractivity contribution in [1.82, 2.24) is 4.72 Å². The molecule has 1 saturated carbocycles. The van der Waals surface area contributed by atoms with Crippen LogP contribution in [0.4, 0.5) is 10.5 Å². The smallest absolute Gasteiger partial charge is 0.457 e. The molecule has 3 unspecified atom stereocenters. The van der Waals surface area contributed by atoms with E-state index in [4.69, 9.17) is 14.0 Å². The molecule has 1 aliphatic heterocycles. The third-order valence-electron chi connectivity index (χ3n) is 9.56. The minimum absolute atomic E-state index is 0.163. The third-order valence-corrected chi connectivity index (χ3v) is 10.6. The molecule has 41 heavy (non-hydrogen) atoms. The summed E-state index contributed by atoms with van der Waals surface area (Å²) in [4.78, 5) is 13.6. The number of fused-ring (bicyclic) bond motifs is 3. The Labute approximate surface area is 247 Å². The Bertz CT molecular complexity index is 1330. The molecule has 9 heteroatoms. The molecule has 0 spiro atoms. The molecule has 3 atom stereocenters. The van der Waals surface area contributed by atoms with Crippen molar-refractivity contribution in [1.29, 1.82) is 0 Å². The van der Waals surface area contributed by atoms with Crippen molar-refractivity contribution in [2.75, 3.05) is 12.4 Å². The summed E-state index contributed by atoms with van der Waals surface area (Å²) in [5.41, 5.74) is 7.19. The van der Waals surface area contributed by atoms with Crippen LogP contribution in [0.3, 0.4) is 0 Å². The summed E-state index contributed by atoms with van der Waals surface area (Å²) in [5, 5.41) is 3.08. The van der Waals surface area contributed by atoms with E-state index in [2.05, 4.69) is 36.9 Å². The zero-order valence-corrected chi connectivity index (χ0v) is 25.7. The second kappa shape index (κ2) is 11.4. The molecule has 2 aromatic rings. The topological polar surface area (TPSA) is 85.9 Å². The summed E-state index contributed by atoms with van der Waals surface area (Å²) < 4.78 is 34.3. The number of hydrogen-bond acceptors (Lipinski definition) is 5. The van der Waals surface area contributed by atoms with Gasteiger partial charge in [-0.2, -0.15) is 0 Å². The van der Waals surface area contributed by atoms with Gasteiger partial charge in [-0.05, 0) is 129 Å². The number of nitrogens with one attached hydrogen (secondary N) is 2. The van der Waals surface area contributed by atoms with Gasteiger partial charge in [0.2, 0.25) is 0 Å². The van der Waals surface area contributed by atoms with E-state index >= 15 is 0 Å². The van der Waals surface area contributed by atoms with Gasteiger partial charge in [0, 0.05) is 5.69 Å². The molecular formula is C32H43BN2O5S. The fourth-order valence-electron chi connectivity index (χ4n) is 7.72. The average molecular weight is 579 g/mol. The molecule has 2 aromatic carbocycles. The Kier molecular flexibility index (Phi) is 7.98. The Hall–Kier alpha value is -2.36. The van der Waals surface area contributed by atoms with E-state index in [1.165, 1.54) is 22.3 Å². The number of methoxy groups -OCH3 is 1. The number of carbonyl (C=O) groups is 1. The number of amides is 2. The Morgan fingerprint density at radius 1 is 1.10 bits per heavy atom. The van der Waals surface area contributed by atoms with E-state index in [0.29, 0.717) is 4.90 Å². The maximum atomic E-state index is 13.2. The van der Waals surface area contributed by atoms with Crippen molar-refractivity contribution in [3.05, 3.63) is 52.1 Å². The molecule has 2 fully saturated rings. The van der Waals surface area contributed by atoms with Crippen LogP contribution in [-0.2, 0) is 52.4 Å². The normalized spacial score (nSPS) is 24.9. The molecule has 4 aliphatic rings. The quantitative estimate of drug-likeness (QED) is 0.358. The SMILES string of the molecule is COc1ccc(S(=O)NC(=O)Nc2c3c(cc4c2CCC4)CCC3)cc1CCCB1OC2CCC(C)(C)CC2(C)O1. The van der Waals surface area contributed by atoms with E-state index in [9.17, 15) is 9.00 Å². The fraction of sp³-hybridized carbons (Fsp3) is 0.594. The molecule has 0 radical (unpaired) electrons. The lowest BCUT2D eigenvalue weighted by atomic mass is 9.69. The van der Waals surface area contributed by atoms with Crippen LogP contribution >= 0.6 is 0 Å². The molecule has 0 bridgehead atoms. The lowest BCUT2D eigenvalue weighted by molar-refractivity contribution is -0.0297. The zero-order chi connectivity index (χ0) is 28.8. The van der Waals surface area contributed by atoms with Gasteiger partial charge in [-0.1, -0.05) is 26.3 Å². The van der Waals surface area contributed by atoms with E-state index in [-0.39, 0.29) is 24.2 Å². The number of aryl methyl sites for hydroxylation is 3. The lowest BCUT2D eigenvalue weighted by Crippen LogP contribution is -2.45. The van der Waals surface area contributed by atoms with E-state index in [1.54, 1.807) is 13.2 Å². The van der Waals surface area contributed by atoms with Crippen molar-refractivity contribution in [2.45, 2.75) is 114 Å². The first-order chi connectivity index (χ1) is 19.6. The minimum atomic E-state index is -1.70. The monoisotopic (exact) mass is 578 g/mol. The lowest BCUT2D eigenvalue weighted by Gasteiger charge is -2.43. The van der Waals surface area contributed by atoms with E-state index in [1.807, 2.05) is 12.1 Å². The maximum absolute atomic E-state index is 13.2. The third kappa shape index (κ3) is 5.95. The van der Waals surface area contributed by atoms with E-state index in [0.717, 1.165) is 93.9 Å². The molecule has 6 rings (SSSR count). The van der Waals surface area contributed by atoms with Gasteiger partial charge < -0.3 is 19.4 Å². The first-order valence-electron chi connectivity index (χ1n) is 15.3. The number of carbonyl (C=O) groups excluding carboxylic acids is 1. The average Bonchev–Trinajstić information content (AvgIpc) is 3.65. The summed E-state index contributed by atoms with van der Waals surface area (Å²) in [6, 6.07) is 7.38. The van der Waals surface area contributed by atoms with Gasteiger partial charge in [-0.15, -0.1) is 0 Å². The Morgan fingerprint density at radius 2 is 1.83 bits per heavy atom. The number of rotatable bonds is 8. The molecule has 220 valence electrons. The first kappa shape index (κ1) is 28.8. The highest BCUT2D eigenvalue weighted by atomic mass is 32.2. The fourth-order valence-corrected chi connectivity index (χ4v) is 8.50. The second-order valence-corrected chi connectivity index (χ2v) is 14.5. The van der Waals surface area contributed by atoms with Crippen LogP contribution in [0.25, 0.3) is 0 Å². The molecule has 7 nitrogen and oxygen atoms in total. The Morgan fingerprint density at radius 3 is 2.54 bits per heavy atom. The highest BCUT2D eigenvalue weighted by Gasteiger charge is 2.52. The van der Waals surface area contributed by atoms with Crippen molar-refractivity contribution < 1.29 is 23.0 Å². The highest BCUT2D eigenvalue weighted by Crippen LogP contribution is 2.48. The van der Waals surface area contributed by atoms with Gasteiger partial charge in [0.1, 0.15) is 5.75 Å². The number of benzene rings is 2. The minimum Gasteiger partial charge on any atom is -0.496 e. The van der Waals surface area contributed by atoms with Crippen molar-refractivity contribution in [3.63, 3.8) is 0 Å². The van der Waals surface area contributed by atoms with Gasteiger partial charge in [0.15, 0.2) is 11.0 Å². The second-order valence-electron chi connectivity index (χ2n) is 13.3. The number of urea groups is 1. The predicted molar refractivity (Wildman–Crippen MR) is 163 cm³/mol. The van der Waals surface area contributed by atoms with Gasteiger partial charge in [-0.3, -0.25) is 4.72 Å². The summed E-state index contributed by atoms with van der Waals surface area (Å²) in [7, 11) is -0.250. The van der Waals surface area contributed by atoms with Crippen LogP contribution in [-0.4, -0.2) is 36.2 Å². The molecule has 0 aromatic heterocycles.